The summed E-state index contributed by atoms with van der Waals surface area (Å²) in [5.74, 6) is 0. The molecule has 1 saturated carbocycles. The number of hydrogen-bond donors (Lipinski definition) is 0. The fourth-order valence-electron chi connectivity index (χ4n) is 2.55. The molecule has 2 nitrogen and oxygen atoms in total. The van der Waals surface area contributed by atoms with E-state index in [4.69, 9.17) is 0 Å². The normalized spacial score (nSPS) is 23.6. The second-order valence-corrected chi connectivity index (χ2v) is 5.05. The second-order valence-electron chi connectivity index (χ2n) is 5.05. The molecule has 0 saturated heterocycles. The number of nitrogens with zero attached hydrogens (tertiary/aromatic N) is 2. The van der Waals surface area contributed by atoms with Crippen LogP contribution in [0.1, 0.15) is 30.0 Å². The highest BCUT2D eigenvalue weighted by Crippen LogP contribution is 2.41. The van der Waals surface area contributed by atoms with Gasteiger partial charge in [-0.15, -0.1) is 0 Å². The van der Waals surface area contributed by atoms with Crippen LogP contribution < -0.4 is 0 Å². The molecule has 0 bridgehead atoms. The van der Waals surface area contributed by atoms with Gasteiger partial charge in [0, 0.05) is 6.04 Å². The first-order valence-electron chi connectivity index (χ1n) is 6.04. The second kappa shape index (κ2) is 3.95. The van der Waals surface area contributed by atoms with Crippen LogP contribution in [0.15, 0.2) is 18.5 Å². The molecule has 0 amide bonds. The molecule has 1 aliphatic rings. The quantitative estimate of drug-likeness (QED) is 0.716. The van der Waals surface area contributed by atoms with Gasteiger partial charge < -0.3 is 4.57 Å². The Balaban J connectivity index is 2.20. The van der Waals surface area contributed by atoms with Crippen LogP contribution in [-0.4, -0.2) is 15.7 Å². The molecule has 19 heavy (non-hydrogen) atoms. The number of benzene rings is 1. The number of fused-ring (bicyclic) bond motifs is 1. The van der Waals surface area contributed by atoms with Crippen LogP contribution in [0.5, 0.6) is 0 Å². The summed E-state index contributed by atoms with van der Waals surface area (Å²) in [6.07, 6.45) is -3.44. The first kappa shape index (κ1) is 12.4. The fraction of sp³-hybridized carbons (Fsp3) is 0.462. The molecule has 0 N–H and O–H groups in total. The molecule has 1 aromatic carbocycles. The highest BCUT2D eigenvalue weighted by molar-refractivity contribution is 5.81. The number of halogens is 4. The van der Waals surface area contributed by atoms with E-state index in [0.717, 1.165) is 6.07 Å². The maximum atomic E-state index is 13.1. The van der Waals surface area contributed by atoms with Crippen molar-refractivity contribution in [3.05, 3.63) is 29.6 Å². The van der Waals surface area contributed by atoms with Crippen molar-refractivity contribution in [1.82, 2.24) is 9.55 Å². The van der Waals surface area contributed by atoms with Crippen molar-refractivity contribution < 1.29 is 17.6 Å². The summed E-state index contributed by atoms with van der Waals surface area (Å²) < 4.78 is 53.7. The third kappa shape index (κ3) is 1.99. The highest BCUT2D eigenvalue weighted by Gasteiger charge is 2.37. The average Bonchev–Trinajstić information content (AvgIpc) is 2.65. The van der Waals surface area contributed by atoms with Gasteiger partial charge in [-0.2, -0.15) is 13.2 Å². The van der Waals surface area contributed by atoms with E-state index in [1.165, 1.54) is 10.9 Å². The lowest BCUT2D eigenvalue weighted by Gasteiger charge is -2.31. The molecule has 3 rings (SSSR count). The van der Waals surface area contributed by atoms with Crippen LogP contribution in [0, 0.1) is 6.92 Å². The lowest BCUT2D eigenvalue weighted by Crippen LogP contribution is -2.28. The summed E-state index contributed by atoms with van der Waals surface area (Å²) in [6, 6.07) is 2.52. The van der Waals surface area contributed by atoms with E-state index in [1.807, 2.05) is 0 Å². The van der Waals surface area contributed by atoms with Gasteiger partial charge in [0.2, 0.25) is 0 Å². The Labute approximate surface area is 107 Å². The van der Waals surface area contributed by atoms with Crippen molar-refractivity contribution in [3.63, 3.8) is 0 Å². The molecular weight excluding hydrogens is 260 g/mol. The van der Waals surface area contributed by atoms with Crippen LogP contribution in [0.25, 0.3) is 11.0 Å². The molecule has 1 heterocycles. The summed E-state index contributed by atoms with van der Waals surface area (Å²) in [7, 11) is 0. The molecular formula is C13H12F4N2. The van der Waals surface area contributed by atoms with E-state index in [1.54, 1.807) is 13.0 Å². The zero-order chi connectivity index (χ0) is 13.8. The summed E-state index contributed by atoms with van der Waals surface area (Å²) >= 11 is 0. The van der Waals surface area contributed by atoms with Gasteiger partial charge in [-0.1, -0.05) is 0 Å². The average molecular weight is 272 g/mol. The minimum Gasteiger partial charge on any atom is -0.327 e. The van der Waals surface area contributed by atoms with Gasteiger partial charge in [0.15, 0.2) is 0 Å². The van der Waals surface area contributed by atoms with Crippen molar-refractivity contribution in [2.75, 3.05) is 0 Å². The van der Waals surface area contributed by atoms with E-state index in [9.17, 15) is 17.6 Å². The Hall–Kier alpha value is -1.59. The number of aromatic nitrogens is 2. The first-order chi connectivity index (χ1) is 8.86. The van der Waals surface area contributed by atoms with E-state index in [-0.39, 0.29) is 24.4 Å². The van der Waals surface area contributed by atoms with Gasteiger partial charge in [-0.3, -0.25) is 0 Å². The SMILES string of the molecule is Cc1cc(C(F)(F)F)c2c(c1)ncn2C1CC(F)C1. The Morgan fingerprint density at radius 1 is 1.26 bits per heavy atom. The van der Waals surface area contributed by atoms with Crippen molar-refractivity contribution in [2.45, 2.75) is 38.2 Å². The number of alkyl halides is 4. The Kier molecular flexibility index (Phi) is 2.59. The highest BCUT2D eigenvalue weighted by atomic mass is 19.4. The van der Waals surface area contributed by atoms with Gasteiger partial charge in [-0.25, -0.2) is 9.37 Å². The fourth-order valence-corrected chi connectivity index (χ4v) is 2.55. The zero-order valence-corrected chi connectivity index (χ0v) is 10.2. The van der Waals surface area contributed by atoms with Crippen LogP contribution in [0.4, 0.5) is 17.6 Å². The minimum atomic E-state index is -4.43. The monoisotopic (exact) mass is 272 g/mol. The summed E-state index contributed by atoms with van der Waals surface area (Å²) in [6.45, 7) is 1.61. The largest absolute Gasteiger partial charge is 0.418 e. The Morgan fingerprint density at radius 3 is 2.53 bits per heavy atom. The number of aryl methyl sites for hydroxylation is 1. The molecule has 0 aliphatic heterocycles. The molecule has 1 fully saturated rings. The van der Waals surface area contributed by atoms with Crippen LogP contribution >= 0.6 is 0 Å². The van der Waals surface area contributed by atoms with Gasteiger partial charge in [-0.05, 0) is 37.5 Å². The summed E-state index contributed by atoms with van der Waals surface area (Å²) in [5, 5.41) is 0. The molecule has 1 aromatic heterocycles. The smallest absolute Gasteiger partial charge is 0.327 e. The third-order valence-corrected chi connectivity index (χ3v) is 3.57. The molecule has 0 unspecified atom stereocenters. The van der Waals surface area contributed by atoms with E-state index < -0.39 is 17.9 Å². The predicted octanol–water partition coefficient (Wildman–Crippen LogP) is 4.04. The van der Waals surface area contributed by atoms with Gasteiger partial charge >= 0.3 is 6.18 Å². The molecule has 1 aliphatic carbocycles. The maximum absolute atomic E-state index is 13.1. The lowest BCUT2D eigenvalue weighted by molar-refractivity contribution is -0.136. The zero-order valence-electron chi connectivity index (χ0n) is 10.2. The predicted molar refractivity (Wildman–Crippen MR) is 62.6 cm³/mol. The molecule has 102 valence electrons. The number of imidazole rings is 1. The van der Waals surface area contributed by atoms with Crippen LogP contribution in [0.3, 0.4) is 0 Å². The van der Waals surface area contributed by atoms with Gasteiger partial charge in [0.05, 0.1) is 22.9 Å². The van der Waals surface area contributed by atoms with Crippen LogP contribution in [0.2, 0.25) is 0 Å². The topological polar surface area (TPSA) is 17.8 Å². The molecule has 0 atom stereocenters. The Morgan fingerprint density at radius 2 is 1.95 bits per heavy atom. The molecule has 2 aromatic rings. The van der Waals surface area contributed by atoms with Crippen molar-refractivity contribution >= 4 is 11.0 Å². The standard InChI is InChI=1S/C13H12F4N2/c1-7-2-10(13(15,16)17)12-11(3-7)18-6-19(12)9-4-8(14)5-9/h2-3,6,8-9H,4-5H2,1H3. The van der Waals surface area contributed by atoms with E-state index in [0.29, 0.717) is 11.1 Å². The molecule has 0 spiro atoms. The number of hydrogen-bond acceptors (Lipinski definition) is 1. The van der Waals surface area contributed by atoms with Gasteiger partial charge in [0.25, 0.3) is 0 Å². The Bertz CT molecular complexity index is 623. The van der Waals surface area contributed by atoms with E-state index >= 15 is 0 Å². The van der Waals surface area contributed by atoms with Crippen molar-refractivity contribution in [1.29, 1.82) is 0 Å². The van der Waals surface area contributed by atoms with Crippen molar-refractivity contribution in [3.8, 4) is 0 Å². The van der Waals surface area contributed by atoms with E-state index in [2.05, 4.69) is 4.98 Å². The van der Waals surface area contributed by atoms with Crippen LogP contribution in [-0.2, 0) is 6.18 Å². The minimum absolute atomic E-state index is 0.0648. The molecule has 6 heteroatoms. The maximum Gasteiger partial charge on any atom is 0.418 e. The lowest BCUT2D eigenvalue weighted by atomic mass is 9.90. The third-order valence-electron chi connectivity index (χ3n) is 3.57. The summed E-state index contributed by atoms with van der Waals surface area (Å²) in [4.78, 5) is 4.02. The molecule has 0 radical (unpaired) electrons. The number of rotatable bonds is 1. The summed E-state index contributed by atoms with van der Waals surface area (Å²) in [5.41, 5.74) is 0.203. The van der Waals surface area contributed by atoms with Crippen molar-refractivity contribution in [2.24, 2.45) is 0 Å². The first-order valence-corrected chi connectivity index (χ1v) is 6.04. The van der Waals surface area contributed by atoms with Gasteiger partial charge in [0.1, 0.15) is 6.17 Å².